The van der Waals surface area contributed by atoms with Gasteiger partial charge in [-0.15, -0.1) is 0 Å². The van der Waals surface area contributed by atoms with Crippen LogP contribution in [0.5, 0.6) is 5.75 Å². The number of aromatic hydroxyl groups is 1. The number of phenolic OH excluding ortho intramolecular Hbond substituents is 1. The van der Waals surface area contributed by atoms with Crippen molar-refractivity contribution >= 4 is 39.3 Å². The number of benzene rings is 2. The first-order valence-corrected chi connectivity index (χ1v) is 8.18. The van der Waals surface area contributed by atoms with Crippen molar-refractivity contribution in [3.63, 3.8) is 0 Å². The molecule has 0 aliphatic rings. The van der Waals surface area contributed by atoms with Crippen LogP contribution in [-0.4, -0.2) is 28.9 Å². The summed E-state index contributed by atoms with van der Waals surface area (Å²) in [5.74, 6) is -1.74. The lowest BCUT2D eigenvalue weighted by atomic mass is 10.1. The second-order valence-electron chi connectivity index (χ2n) is 5.34. The van der Waals surface area contributed by atoms with E-state index in [0.29, 0.717) is 15.7 Å². The van der Waals surface area contributed by atoms with Gasteiger partial charge in [0.25, 0.3) is 5.91 Å². The number of carbonyl (C=O) groups is 3. The van der Waals surface area contributed by atoms with Crippen LogP contribution in [0.3, 0.4) is 0 Å². The van der Waals surface area contributed by atoms with Gasteiger partial charge in [0.05, 0.1) is 0 Å². The molecule has 2 aromatic rings. The maximum atomic E-state index is 12.2. The van der Waals surface area contributed by atoms with Gasteiger partial charge in [-0.05, 0) is 44.2 Å². The smallest absolute Gasteiger partial charge is 0.342 e. The Morgan fingerprint density at radius 1 is 1.16 bits per heavy atom. The number of ketones is 1. The van der Waals surface area contributed by atoms with Crippen molar-refractivity contribution in [2.75, 3.05) is 5.32 Å². The Morgan fingerprint density at radius 3 is 2.56 bits per heavy atom. The van der Waals surface area contributed by atoms with Gasteiger partial charge in [0.2, 0.25) is 0 Å². The summed E-state index contributed by atoms with van der Waals surface area (Å²) in [4.78, 5) is 35.6. The Bertz CT molecular complexity index is 834. The van der Waals surface area contributed by atoms with Crippen LogP contribution in [0.4, 0.5) is 5.69 Å². The monoisotopic (exact) mass is 405 g/mol. The molecule has 7 heteroatoms. The molecule has 0 fully saturated rings. The summed E-state index contributed by atoms with van der Waals surface area (Å²) in [6, 6.07) is 10.8. The molecular weight excluding hydrogens is 390 g/mol. The predicted octanol–water partition coefficient (Wildman–Crippen LogP) is 3.54. The fraction of sp³-hybridized carbons (Fsp3) is 0.167. The number of halogens is 1. The minimum Gasteiger partial charge on any atom is -0.507 e. The highest BCUT2D eigenvalue weighted by atomic mass is 79.9. The molecule has 0 saturated heterocycles. The second-order valence-corrected chi connectivity index (χ2v) is 6.25. The number of hydrogen-bond donors (Lipinski definition) is 2. The number of carbonyl (C=O) groups excluding carboxylic acids is 3. The fourth-order valence-electron chi connectivity index (χ4n) is 2.01. The first kappa shape index (κ1) is 18.7. The Hall–Kier alpha value is -2.67. The average molecular weight is 406 g/mol. The van der Waals surface area contributed by atoms with Gasteiger partial charge < -0.3 is 15.2 Å². The summed E-state index contributed by atoms with van der Waals surface area (Å²) in [6.45, 7) is 2.84. The van der Waals surface area contributed by atoms with Gasteiger partial charge in [0, 0.05) is 15.7 Å². The van der Waals surface area contributed by atoms with Crippen LogP contribution in [0.25, 0.3) is 0 Å². The average Bonchev–Trinajstić information content (AvgIpc) is 2.57. The molecule has 2 rings (SSSR count). The van der Waals surface area contributed by atoms with Gasteiger partial charge in [-0.3, -0.25) is 9.59 Å². The SMILES string of the molecule is CC(=O)c1cccc(NC(=O)[C@@H](C)OC(=O)c2cc(Br)ccc2O)c1. The zero-order chi connectivity index (χ0) is 18.6. The Labute approximate surface area is 152 Å². The van der Waals surface area contributed by atoms with E-state index in [0.717, 1.165) is 0 Å². The van der Waals surface area contributed by atoms with E-state index in [4.69, 9.17) is 4.74 Å². The minimum absolute atomic E-state index is 0.0485. The molecule has 1 amide bonds. The molecule has 2 N–H and O–H groups in total. The Balaban J connectivity index is 2.05. The van der Waals surface area contributed by atoms with Gasteiger partial charge >= 0.3 is 5.97 Å². The number of rotatable bonds is 5. The number of ether oxygens (including phenoxy) is 1. The molecule has 6 nitrogen and oxygen atoms in total. The van der Waals surface area contributed by atoms with Crippen molar-refractivity contribution in [3.8, 4) is 5.75 Å². The summed E-state index contributed by atoms with van der Waals surface area (Å²) in [7, 11) is 0. The van der Waals surface area contributed by atoms with Crippen molar-refractivity contribution in [2.24, 2.45) is 0 Å². The molecule has 25 heavy (non-hydrogen) atoms. The topological polar surface area (TPSA) is 92.7 Å². The highest BCUT2D eigenvalue weighted by molar-refractivity contribution is 9.10. The van der Waals surface area contributed by atoms with Crippen molar-refractivity contribution < 1.29 is 24.2 Å². The third-order valence-corrected chi connectivity index (χ3v) is 3.86. The number of nitrogens with one attached hydrogen (secondary N) is 1. The van der Waals surface area contributed by atoms with E-state index < -0.39 is 18.0 Å². The van der Waals surface area contributed by atoms with Crippen molar-refractivity contribution in [3.05, 3.63) is 58.1 Å². The molecule has 130 valence electrons. The van der Waals surface area contributed by atoms with Crippen LogP contribution in [0.15, 0.2) is 46.9 Å². The highest BCUT2D eigenvalue weighted by Gasteiger charge is 2.21. The summed E-state index contributed by atoms with van der Waals surface area (Å²) in [5.41, 5.74) is 0.833. The van der Waals surface area contributed by atoms with Crippen LogP contribution >= 0.6 is 15.9 Å². The standard InChI is InChI=1S/C18H16BrNO5/c1-10(21)12-4-3-5-14(8-12)20-17(23)11(2)25-18(24)15-9-13(19)6-7-16(15)22/h3-9,11,22H,1-2H3,(H,20,23)/t11-/m1/s1. The number of Topliss-reactive ketones (excluding diaryl/α,β-unsaturated/α-hetero) is 1. The zero-order valence-corrected chi connectivity index (χ0v) is 15.2. The first-order valence-electron chi connectivity index (χ1n) is 7.39. The second kappa shape index (κ2) is 7.94. The molecule has 1 atom stereocenters. The Kier molecular flexibility index (Phi) is 5.93. The molecule has 0 bridgehead atoms. The van der Waals surface area contributed by atoms with Crippen LogP contribution in [-0.2, 0) is 9.53 Å². The number of amides is 1. The number of hydrogen-bond acceptors (Lipinski definition) is 5. The summed E-state index contributed by atoms with van der Waals surface area (Å²) in [6.07, 6.45) is -1.09. The first-order chi connectivity index (χ1) is 11.8. The fourth-order valence-corrected chi connectivity index (χ4v) is 2.37. The Morgan fingerprint density at radius 2 is 1.88 bits per heavy atom. The van der Waals surface area contributed by atoms with Gasteiger partial charge in [-0.25, -0.2) is 4.79 Å². The van der Waals surface area contributed by atoms with Crippen LogP contribution in [0, 0.1) is 0 Å². The summed E-state index contributed by atoms with van der Waals surface area (Å²) in [5, 5.41) is 12.3. The van der Waals surface area contributed by atoms with Gasteiger partial charge in [-0.1, -0.05) is 28.1 Å². The zero-order valence-electron chi connectivity index (χ0n) is 13.6. The van der Waals surface area contributed by atoms with E-state index >= 15 is 0 Å². The molecule has 0 unspecified atom stereocenters. The van der Waals surface area contributed by atoms with E-state index in [-0.39, 0.29) is 17.1 Å². The lowest BCUT2D eigenvalue weighted by Gasteiger charge is -2.14. The summed E-state index contributed by atoms with van der Waals surface area (Å²) >= 11 is 3.20. The number of esters is 1. The number of anilines is 1. The molecule has 0 saturated carbocycles. The molecule has 0 aromatic heterocycles. The third-order valence-electron chi connectivity index (χ3n) is 3.37. The molecule has 0 aliphatic carbocycles. The lowest BCUT2D eigenvalue weighted by molar-refractivity contribution is -0.123. The molecule has 0 spiro atoms. The third kappa shape index (κ3) is 4.90. The van der Waals surface area contributed by atoms with E-state index in [2.05, 4.69) is 21.2 Å². The molecule has 0 radical (unpaired) electrons. The molecule has 0 aliphatic heterocycles. The van der Waals surface area contributed by atoms with Gasteiger partial charge in [0.1, 0.15) is 11.3 Å². The van der Waals surface area contributed by atoms with E-state index in [1.54, 1.807) is 24.3 Å². The predicted molar refractivity (Wildman–Crippen MR) is 95.8 cm³/mol. The van der Waals surface area contributed by atoms with Crippen molar-refractivity contribution in [2.45, 2.75) is 20.0 Å². The highest BCUT2D eigenvalue weighted by Crippen LogP contribution is 2.23. The summed E-state index contributed by atoms with van der Waals surface area (Å²) < 4.78 is 5.68. The van der Waals surface area contributed by atoms with Crippen molar-refractivity contribution in [1.82, 2.24) is 0 Å². The minimum atomic E-state index is -1.09. The molecule has 0 heterocycles. The maximum Gasteiger partial charge on any atom is 0.342 e. The van der Waals surface area contributed by atoms with Crippen LogP contribution in [0.1, 0.15) is 34.6 Å². The normalized spacial score (nSPS) is 11.5. The largest absolute Gasteiger partial charge is 0.507 e. The van der Waals surface area contributed by atoms with Crippen molar-refractivity contribution in [1.29, 1.82) is 0 Å². The molecule has 2 aromatic carbocycles. The number of phenols is 1. The van der Waals surface area contributed by atoms with E-state index in [9.17, 15) is 19.5 Å². The van der Waals surface area contributed by atoms with E-state index in [1.807, 2.05) is 0 Å². The van der Waals surface area contributed by atoms with E-state index in [1.165, 1.54) is 32.0 Å². The lowest BCUT2D eigenvalue weighted by Crippen LogP contribution is -2.30. The van der Waals surface area contributed by atoms with Crippen LogP contribution in [0.2, 0.25) is 0 Å². The maximum absolute atomic E-state index is 12.2. The molecular formula is C18H16BrNO5. The van der Waals surface area contributed by atoms with Gasteiger partial charge in [0.15, 0.2) is 11.9 Å². The van der Waals surface area contributed by atoms with Gasteiger partial charge in [-0.2, -0.15) is 0 Å². The quantitative estimate of drug-likeness (QED) is 0.585. The van der Waals surface area contributed by atoms with Crippen LogP contribution < -0.4 is 5.32 Å².